The Bertz CT molecular complexity index is 894. The summed E-state index contributed by atoms with van der Waals surface area (Å²) in [6, 6.07) is 9.58. The van der Waals surface area contributed by atoms with Crippen molar-refractivity contribution in [1.29, 1.82) is 0 Å². The molecule has 0 saturated heterocycles. The molecule has 4 nitrogen and oxygen atoms in total. The Morgan fingerprint density at radius 3 is 2.55 bits per heavy atom. The summed E-state index contributed by atoms with van der Waals surface area (Å²) in [7, 11) is 1.45. The van der Waals surface area contributed by atoms with E-state index in [1.165, 1.54) is 23.8 Å². The summed E-state index contributed by atoms with van der Waals surface area (Å²) >= 11 is 0. The molecule has 3 rings (SSSR count). The third-order valence-corrected chi connectivity index (χ3v) is 3.33. The quantitative estimate of drug-likeness (QED) is 0.789. The first-order valence-electron chi connectivity index (χ1n) is 6.37. The Balaban J connectivity index is 2.27. The first-order valence-corrected chi connectivity index (χ1v) is 6.37. The summed E-state index contributed by atoms with van der Waals surface area (Å²) in [6.45, 7) is 0. The van der Waals surface area contributed by atoms with E-state index in [-0.39, 0.29) is 5.69 Å². The van der Waals surface area contributed by atoms with Crippen LogP contribution in [-0.4, -0.2) is 16.7 Å². The number of aromatic nitrogens is 2. The Morgan fingerprint density at radius 2 is 1.86 bits per heavy atom. The van der Waals surface area contributed by atoms with Gasteiger partial charge in [0.25, 0.3) is 0 Å². The van der Waals surface area contributed by atoms with Crippen molar-refractivity contribution in [3.05, 3.63) is 58.5 Å². The molecule has 114 valence electrons. The fraction of sp³-hybridized carbons (Fsp3) is 0.133. The van der Waals surface area contributed by atoms with Crippen LogP contribution in [0.3, 0.4) is 0 Å². The van der Waals surface area contributed by atoms with Crippen LogP contribution in [0.15, 0.2) is 47.3 Å². The van der Waals surface area contributed by atoms with Crippen LogP contribution in [0.2, 0.25) is 0 Å². The highest BCUT2D eigenvalue weighted by molar-refractivity contribution is 5.83. The van der Waals surface area contributed by atoms with Gasteiger partial charge in [0.05, 0.1) is 23.9 Å². The smallest absolute Gasteiger partial charge is 0.416 e. The molecule has 3 aromatic rings. The van der Waals surface area contributed by atoms with Crippen molar-refractivity contribution in [2.24, 2.45) is 0 Å². The third kappa shape index (κ3) is 2.24. The van der Waals surface area contributed by atoms with E-state index in [0.29, 0.717) is 16.8 Å². The van der Waals surface area contributed by atoms with E-state index in [1.54, 1.807) is 18.2 Å². The molecule has 0 aliphatic heterocycles. The van der Waals surface area contributed by atoms with Crippen LogP contribution < -0.4 is 10.4 Å². The molecular formula is C15H11F3N2O2. The topological polar surface area (TPSA) is 47.0 Å². The van der Waals surface area contributed by atoms with Crippen molar-refractivity contribution in [3.8, 4) is 11.4 Å². The van der Waals surface area contributed by atoms with Crippen molar-refractivity contribution in [2.75, 3.05) is 7.11 Å². The molecular weight excluding hydrogens is 297 g/mol. The van der Waals surface area contributed by atoms with Gasteiger partial charge in [-0.25, -0.2) is 4.79 Å². The lowest BCUT2D eigenvalue weighted by molar-refractivity contribution is -0.137. The highest BCUT2D eigenvalue weighted by atomic mass is 19.4. The maximum atomic E-state index is 12.8. The van der Waals surface area contributed by atoms with E-state index in [1.807, 2.05) is 0 Å². The number of rotatable bonds is 2. The van der Waals surface area contributed by atoms with Gasteiger partial charge < -0.3 is 9.72 Å². The minimum absolute atomic E-state index is 0.138. The number of nitrogens with zero attached hydrogens (tertiary/aromatic N) is 1. The monoisotopic (exact) mass is 308 g/mol. The first-order chi connectivity index (χ1) is 10.4. The second-order valence-electron chi connectivity index (χ2n) is 4.67. The van der Waals surface area contributed by atoms with Crippen LogP contribution in [0.25, 0.3) is 16.7 Å². The molecule has 7 heteroatoms. The molecule has 0 saturated carbocycles. The number of hydrogen-bond acceptors (Lipinski definition) is 2. The second kappa shape index (κ2) is 4.94. The zero-order chi connectivity index (χ0) is 15.9. The van der Waals surface area contributed by atoms with Crippen LogP contribution in [0, 0.1) is 0 Å². The SMILES string of the molecule is COc1cccc2c1[nH]c(=O)n2-c1cccc(C(F)(F)F)c1. The van der Waals surface area contributed by atoms with Gasteiger partial charge in [-0.2, -0.15) is 13.2 Å². The molecule has 1 aromatic heterocycles. The number of hydrogen-bond donors (Lipinski definition) is 1. The van der Waals surface area contributed by atoms with Gasteiger partial charge in [0.15, 0.2) is 0 Å². The summed E-state index contributed by atoms with van der Waals surface area (Å²) < 4.78 is 44.8. The standard InChI is InChI=1S/C15H11F3N2O2/c1-22-12-7-3-6-11-13(12)19-14(21)20(11)10-5-2-4-9(8-10)15(16,17)18/h2-8H,1H3,(H,19,21). The van der Waals surface area contributed by atoms with Crippen LogP contribution >= 0.6 is 0 Å². The summed E-state index contributed by atoms with van der Waals surface area (Å²) in [4.78, 5) is 14.7. The molecule has 0 fully saturated rings. The zero-order valence-electron chi connectivity index (χ0n) is 11.4. The lowest BCUT2D eigenvalue weighted by Gasteiger charge is -2.09. The normalized spacial score (nSPS) is 11.8. The fourth-order valence-electron chi connectivity index (χ4n) is 2.35. The molecule has 0 unspecified atom stereocenters. The molecule has 0 amide bonds. The molecule has 1 heterocycles. The minimum Gasteiger partial charge on any atom is -0.494 e. The number of H-pyrrole nitrogens is 1. The average molecular weight is 308 g/mol. The molecule has 1 N–H and O–H groups in total. The van der Waals surface area contributed by atoms with Crippen LogP contribution in [-0.2, 0) is 6.18 Å². The minimum atomic E-state index is -4.47. The zero-order valence-corrected chi connectivity index (χ0v) is 11.4. The number of nitrogens with one attached hydrogen (secondary N) is 1. The largest absolute Gasteiger partial charge is 0.494 e. The van der Waals surface area contributed by atoms with Gasteiger partial charge in [-0.15, -0.1) is 0 Å². The Kier molecular flexibility index (Phi) is 3.20. The van der Waals surface area contributed by atoms with Gasteiger partial charge in [-0.1, -0.05) is 12.1 Å². The van der Waals surface area contributed by atoms with Crippen LogP contribution in [0.1, 0.15) is 5.56 Å². The van der Waals surface area contributed by atoms with Gasteiger partial charge in [0.1, 0.15) is 11.3 Å². The first kappa shape index (κ1) is 14.2. The van der Waals surface area contributed by atoms with E-state index in [9.17, 15) is 18.0 Å². The van der Waals surface area contributed by atoms with Crippen LogP contribution in [0.4, 0.5) is 13.2 Å². The lowest BCUT2D eigenvalue weighted by atomic mass is 10.2. The summed E-state index contributed by atoms with van der Waals surface area (Å²) in [5, 5.41) is 0. The number of halogens is 3. The fourth-order valence-corrected chi connectivity index (χ4v) is 2.35. The molecule has 0 spiro atoms. The summed E-state index contributed by atoms with van der Waals surface area (Å²) in [6.07, 6.45) is -4.47. The van der Waals surface area contributed by atoms with E-state index < -0.39 is 17.4 Å². The molecule has 0 aliphatic carbocycles. The highest BCUT2D eigenvalue weighted by Crippen LogP contribution is 2.31. The number of alkyl halides is 3. The van der Waals surface area contributed by atoms with Gasteiger partial charge in [0.2, 0.25) is 0 Å². The number of fused-ring (bicyclic) bond motifs is 1. The Hall–Kier alpha value is -2.70. The molecule has 0 bridgehead atoms. The van der Waals surface area contributed by atoms with E-state index in [0.717, 1.165) is 12.1 Å². The third-order valence-electron chi connectivity index (χ3n) is 3.33. The van der Waals surface area contributed by atoms with E-state index in [4.69, 9.17) is 4.74 Å². The number of para-hydroxylation sites is 1. The van der Waals surface area contributed by atoms with Crippen molar-refractivity contribution in [1.82, 2.24) is 9.55 Å². The number of imidazole rings is 1. The molecule has 0 radical (unpaired) electrons. The van der Waals surface area contributed by atoms with Gasteiger partial charge in [-0.05, 0) is 30.3 Å². The van der Waals surface area contributed by atoms with E-state index in [2.05, 4.69) is 4.98 Å². The Labute approximate surface area is 122 Å². The molecule has 0 aliphatic rings. The highest BCUT2D eigenvalue weighted by Gasteiger charge is 2.30. The lowest BCUT2D eigenvalue weighted by Crippen LogP contribution is -2.15. The summed E-state index contributed by atoms with van der Waals surface area (Å²) in [5.41, 5.74) is -0.316. The number of aromatic amines is 1. The van der Waals surface area contributed by atoms with E-state index >= 15 is 0 Å². The average Bonchev–Trinajstić information content (AvgIpc) is 2.82. The maximum Gasteiger partial charge on any atom is 0.416 e. The van der Waals surface area contributed by atoms with Crippen molar-refractivity contribution >= 4 is 11.0 Å². The second-order valence-corrected chi connectivity index (χ2v) is 4.67. The molecule has 2 aromatic carbocycles. The molecule has 22 heavy (non-hydrogen) atoms. The van der Waals surface area contributed by atoms with Gasteiger partial charge >= 0.3 is 11.9 Å². The predicted molar refractivity (Wildman–Crippen MR) is 75.4 cm³/mol. The maximum absolute atomic E-state index is 12.8. The Morgan fingerprint density at radius 1 is 1.14 bits per heavy atom. The predicted octanol–water partition coefficient (Wildman–Crippen LogP) is 3.35. The van der Waals surface area contributed by atoms with Gasteiger partial charge in [-0.3, -0.25) is 4.57 Å². The van der Waals surface area contributed by atoms with Crippen molar-refractivity contribution in [3.63, 3.8) is 0 Å². The number of ether oxygens (including phenoxy) is 1. The van der Waals surface area contributed by atoms with Gasteiger partial charge in [0, 0.05) is 0 Å². The number of methoxy groups -OCH3 is 1. The molecule has 0 atom stereocenters. The number of benzene rings is 2. The van der Waals surface area contributed by atoms with Crippen molar-refractivity contribution in [2.45, 2.75) is 6.18 Å². The summed E-state index contributed by atoms with van der Waals surface area (Å²) in [5.74, 6) is 0.445. The van der Waals surface area contributed by atoms with Crippen molar-refractivity contribution < 1.29 is 17.9 Å². The van der Waals surface area contributed by atoms with Crippen LogP contribution in [0.5, 0.6) is 5.75 Å².